The fourth-order valence-electron chi connectivity index (χ4n) is 3.54. The summed E-state index contributed by atoms with van der Waals surface area (Å²) in [6.07, 6.45) is 3.16. The number of hydrogen-bond acceptors (Lipinski definition) is 5. The van der Waals surface area contributed by atoms with Crippen molar-refractivity contribution in [2.75, 3.05) is 46.4 Å². The van der Waals surface area contributed by atoms with Crippen molar-refractivity contribution < 1.29 is 9.53 Å². The van der Waals surface area contributed by atoms with Gasteiger partial charge in [-0.25, -0.2) is 0 Å². The number of esters is 1. The first-order chi connectivity index (χ1) is 10.1. The average Bonchev–Trinajstić information content (AvgIpc) is 2.46. The molecular formula is C16H30N2O2S. The summed E-state index contributed by atoms with van der Waals surface area (Å²) in [5.74, 6) is 0.107. The molecule has 0 aliphatic carbocycles. The smallest absolute Gasteiger partial charge is 0.308 e. The standard InChI is InChI=1S/C16H30N2O2S/c1-13-11-18(12-14(2)21-13)8-4-7-17-9-5-15(6-10-17)16(19)20-3/h13-15H,4-12H2,1-3H3/t13-,14+. The van der Waals surface area contributed by atoms with Gasteiger partial charge in [-0.3, -0.25) is 4.79 Å². The number of thioether (sulfide) groups is 1. The Labute approximate surface area is 133 Å². The lowest BCUT2D eigenvalue weighted by Crippen LogP contribution is -2.42. The Morgan fingerprint density at radius 1 is 1.10 bits per heavy atom. The molecule has 0 aromatic heterocycles. The van der Waals surface area contributed by atoms with Crippen LogP contribution in [-0.2, 0) is 9.53 Å². The highest BCUT2D eigenvalue weighted by molar-refractivity contribution is 8.00. The summed E-state index contributed by atoms with van der Waals surface area (Å²) in [5, 5.41) is 1.54. The van der Waals surface area contributed by atoms with Crippen LogP contribution in [-0.4, -0.2) is 72.6 Å². The average molecular weight is 314 g/mol. The summed E-state index contributed by atoms with van der Waals surface area (Å²) in [7, 11) is 1.49. The predicted molar refractivity (Wildman–Crippen MR) is 88.8 cm³/mol. The van der Waals surface area contributed by atoms with E-state index in [-0.39, 0.29) is 11.9 Å². The van der Waals surface area contributed by atoms with Gasteiger partial charge in [0, 0.05) is 23.6 Å². The molecule has 4 nitrogen and oxygen atoms in total. The summed E-state index contributed by atoms with van der Waals surface area (Å²) in [5.41, 5.74) is 0. The molecule has 2 fully saturated rings. The van der Waals surface area contributed by atoms with E-state index in [1.165, 1.54) is 39.7 Å². The minimum Gasteiger partial charge on any atom is -0.469 e. The summed E-state index contributed by atoms with van der Waals surface area (Å²) >= 11 is 2.12. The van der Waals surface area contributed by atoms with Crippen LogP contribution in [0.15, 0.2) is 0 Å². The van der Waals surface area contributed by atoms with E-state index in [1.807, 2.05) is 0 Å². The molecule has 2 saturated heterocycles. The first-order valence-corrected chi connectivity index (χ1v) is 9.20. The number of piperidine rings is 1. The fourth-order valence-corrected chi connectivity index (χ4v) is 4.93. The third-order valence-electron chi connectivity index (χ3n) is 4.57. The Hall–Kier alpha value is -0.260. The summed E-state index contributed by atoms with van der Waals surface area (Å²) in [6.45, 7) is 11.6. The number of rotatable bonds is 5. The number of carbonyl (C=O) groups is 1. The molecule has 0 amide bonds. The largest absolute Gasteiger partial charge is 0.469 e. The van der Waals surface area contributed by atoms with Crippen molar-refractivity contribution >= 4 is 17.7 Å². The molecule has 0 unspecified atom stereocenters. The molecule has 0 spiro atoms. The normalized spacial score (nSPS) is 29.5. The molecule has 122 valence electrons. The van der Waals surface area contributed by atoms with Crippen molar-refractivity contribution in [1.29, 1.82) is 0 Å². The van der Waals surface area contributed by atoms with Gasteiger partial charge in [-0.15, -0.1) is 0 Å². The van der Waals surface area contributed by atoms with Gasteiger partial charge in [0.15, 0.2) is 0 Å². The van der Waals surface area contributed by atoms with Crippen LogP contribution in [0.5, 0.6) is 0 Å². The third kappa shape index (κ3) is 5.46. The quantitative estimate of drug-likeness (QED) is 0.726. The van der Waals surface area contributed by atoms with Gasteiger partial charge in [0.05, 0.1) is 13.0 Å². The first kappa shape index (κ1) is 17.1. The highest BCUT2D eigenvalue weighted by Crippen LogP contribution is 2.24. The molecule has 21 heavy (non-hydrogen) atoms. The number of methoxy groups -OCH3 is 1. The maximum atomic E-state index is 11.5. The van der Waals surface area contributed by atoms with Gasteiger partial charge in [0.25, 0.3) is 0 Å². The second-order valence-corrected chi connectivity index (χ2v) is 8.39. The molecule has 0 aromatic carbocycles. The molecule has 0 radical (unpaired) electrons. The lowest BCUT2D eigenvalue weighted by molar-refractivity contribution is -0.147. The third-order valence-corrected chi connectivity index (χ3v) is 5.79. The minimum absolute atomic E-state index is 0.0246. The van der Waals surface area contributed by atoms with Gasteiger partial charge in [0.2, 0.25) is 0 Å². The zero-order valence-corrected chi connectivity index (χ0v) is 14.5. The Balaban J connectivity index is 1.60. The number of carbonyl (C=O) groups excluding carboxylic acids is 1. The molecule has 0 bridgehead atoms. The second-order valence-electron chi connectivity index (χ2n) is 6.51. The van der Waals surface area contributed by atoms with Crippen LogP contribution in [0, 0.1) is 5.92 Å². The lowest BCUT2D eigenvalue weighted by Gasteiger charge is -2.35. The fraction of sp³-hybridized carbons (Fsp3) is 0.938. The zero-order chi connectivity index (χ0) is 15.2. The van der Waals surface area contributed by atoms with E-state index in [1.54, 1.807) is 0 Å². The Bertz CT molecular complexity index is 322. The van der Waals surface area contributed by atoms with E-state index in [0.717, 1.165) is 36.4 Å². The van der Waals surface area contributed by atoms with Crippen LogP contribution in [0.3, 0.4) is 0 Å². The molecule has 2 aliphatic rings. The van der Waals surface area contributed by atoms with Crippen molar-refractivity contribution in [2.45, 2.75) is 43.6 Å². The number of likely N-dealkylation sites (tertiary alicyclic amines) is 1. The number of ether oxygens (including phenoxy) is 1. The van der Waals surface area contributed by atoms with Crippen molar-refractivity contribution in [3.8, 4) is 0 Å². The van der Waals surface area contributed by atoms with Crippen molar-refractivity contribution in [3.63, 3.8) is 0 Å². The van der Waals surface area contributed by atoms with E-state index < -0.39 is 0 Å². The van der Waals surface area contributed by atoms with Gasteiger partial charge in [-0.1, -0.05) is 13.8 Å². The molecule has 2 heterocycles. The summed E-state index contributed by atoms with van der Waals surface area (Å²) in [6, 6.07) is 0. The van der Waals surface area contributed by atoms with E-state index in [4.69, 9.17) is 4.74 Å². The van der Waals surface area contributed by atoms with Crippen LogP contribution < -0.4 is 0 Å². The van der Waals surface area contributed by atoms with Crippen LogP contribution in [0.2, 0.25) is 0 Å². The van der Waals surface area contributed by atoms with Crippen molar-refractivity contribution in [3.05, 3.63) is 0 Å². The first-order valence-electron chi connectivity index (χ1n) is 8.26. The Morgan fingerprint density at radius 2 is 1.67 bits per heavy atom. The van der Waals surface area contributed by atoms with Crippen molar-refractivity contribution in [1.82, 2.24) is 9.80 Å². The molecule has 5 heteroatoms. The second kappa shape index (κ2) is 8.39. The number of hydrogen-bond donors (Lipinski definition) is 0. The van der Waals surface area contributed by atoms with E-state index in [9.17, 15) is 4.79 Å². The lowest BCUT2D eigenvalue weighted by atomic mass is 9.97. The summed E-state index contributed by atoms with van der Waals surface area (Å²) in [4.78, 5) is 16.6. The van der Waals surface area contributed by atoms with E-state index in [2.05, 4.69) is 35.4 Å². The molecule has 0 aromatic rings. The minimum atomic E-state index is -0.0246. The van der Waals surface area contributed by atoms with Gasteiger partial charge >= 0.3 is 5.97 Å². The van der Waals surface area contributed by atoms with E-state index in [0.29, 0.717) is 0 Å². The van der Waals surface area contributed by atoms with Crippen LogP contribution in [0.4, 0.5) is 0 Å². The van der Waals surface area contributed by atoms with Crippen molar-refractivity contribution in [2.24, 2.45) is 5.92 Å². The molecular weight excluding hydrogens is 284 g/mol. The maximum absolute atomic E-state index is 11.5. The van der Waals surface area contributed by atoms with Gasteiger partial charge in [-0.05, 0) is 45.4 Å². The predicted octanol–water partition coefficient (Wildman–Crippen LogP) is 2.09. The SMILES string of the molecule is COC(=O)C1CCN(CCCN2C[C@@H](C)S[C@@H](C)C2)CC1. The zero-order valence-electron chi connectivity index (χ0n) is 13.7. The van der Waals surface area contributed by atoms with Gasteiger partial charge in [-0.2, -0.15) is 11.8 Å². The highest BCUT2D eigenvalue weighted by atomic mass is 32.2. The Morgan fingerprint density at radius 3 is 2.24 bits per heavy atom. The topological polar surface area (TPSA) is 32.8 Å². The van der Waals surface area contributed by atoms with Crippen LogP contribution >= 0.6 is 11.8 Å². The molecule has 0 N–H and O–H groups in total. The monoisotopic (exact) mass is 314 g/mol. The van der Waals surface area contributed by atoms with Crippen LogP contribution in [0.1, 0.15) is 33.1 Å². The van der Waals surface area contributed by atoms with E-state index >= 15 is 0 Å². The van der Waals surface area contributed by atoms with Gasteiger partial charge < -0.3 is 14.5 Å². The maximum Gasteiger partial charge on any atom is 0.308 e. The molecule has 2 rings (SSSR count). The van der Waals surface area contributed by atoms with Crippen LogP contribution in [0.25, 0.3) is 0 Å². The molecule has 2 aliphatic heterocycles. The highest BCUT2D eigenvalue weighted by Gasteiger charge is 2.26. The summed E-state index contributed by atoms with van der Waals surface area (Å²) < 4.78 is 4.84. The Kier molecular flexibility index (Phi) is 6.83. The van der Waals surface area contributed by atoms with Gasteiger partial charge in [0.1, 0.15) is 0 Å². The molecule has 2 atom stereocenters. The number of nitrogens with zero attached hydrogens (tertiary/aromatic N) is 2. The molecule has 0 saturated carbocycles.